The third-order valence-corrected chi connectivity index (χ3v) is 4.30. The summed E-state index contributed by atoms with van der Waals surface area (Å²) in [7, 11) is 0. The summed E-state index contributed by atoms with van der Waals surface area (Å²) in [6, 6.07) is 15.0. The number of amides is 2. The summed E-state index contributed by atoms with van der Waals surface area (Å²) >= 11 is 0. The van der Waals surface area contributed by atoms with Gasteiger partial charge in [-0.05, 0) is 46.5 Å². The van der Waals surface area contributed by atoms with Crippen LogP contribution in [0.1, 0.15) is 22.3 Å². The van der Waals surface area contributed by atoms with Crippen LogP contribution in [0.4, 0.5) is 0 Å². The van der Waals surface area contributed by atoms with Gasteiger partial charge in [-0.25, -0.2) is 0 Å². The van der Waals surface area contributed by atoms with E-state index in [0.29, 0.717) is 13.1 Å². The Labute approximate surface area is 164 Å². The van der Waals surface area contributed by atoms with E-state index in [2.05, 4.69) is 20.6 Å². The fourth-order valence-electron chi connectivity index (χ4n) is 2.78. The van der Waals surface area contributed by atoms with Crippen LogP contribution in [-0.2, 0) is 35.5 Å². The standard InChI is InChI=1S/C22H22N4O2/c27-21(25-15-17-5-9-23-10-6-17)13-19-3-1-2-4-20(19)14-22(28)26-16-18-7-11-24-12-8-18/h1-12H,13-16H2,(H,25,27)(H,26,28). The van der Waals surface area contributed by atoms with Crippen molar-refractivity contribution in [3.63, 3.8) is 0 Å². The summed E-state index contributed by atoms with van der Waals surface area (Å²) in [6.45, 7) is 0.909. The molecule has 0 bridgehead atoms. The van der Waals surface area contributed by atoms with Crippen LogP contribution < -0.4 is 10.6 Å². The van der Waals surface area contributed by atoms with Gasteiger partial charge in [0.1, 0.15) is 0 Å². The van der Waals surface area contributed by atoms with Gasteiger partial charge in [0.15, 0.2) is 0 Å². The van der Waals surface area contributed by atoms with Crippen molar-refractivity contribution in [3.8, 4) is 0 Å². The average Bonchev–Trinajstić information content (AvgIpc) is 2.74. The molecule has 2 N–H and O–H groups in total. The summed E-state index contributed by atoms with van der Waals surface area (Å²) in [5.74, 6) is -0.164. The predicted octanol–water partition coefficient (Wildman–Crippen LogP) is 2.19. The maximum absolute atomic E-state index is 12.3. The topological polar surface area (TPSA) is 84.0 Å². The van der Waals surface area contributed by atoms with E-state index in [1.807, 2.05) is 48.5 Å². The molecule has 6 heteroatoms. The highest BCUT2D eigenvalue weighted by Crippen LogP contribution is 2.11. The lowest BCUT2D eigenvalue weighted by molar-refractivity contribution is -0.121. The van der Waals surface area contributed by atoms with Gasteiger partial charge < -0.3 is 10.6 Å². The SMILES string of the molecule is O=C(Cc1ccccc1CC(=O)NCc1ccncc1)NCc1ccncc1. The first-order valence-corrected chi connectivity index (χ1v) is 9.08. The zero-order chi connectivity index (χ0) is 19.6. The fraction of sp³-hybridized carbons (Fsp3) is 0.182. The second-order valence-corrected chi connectivity index (χ2v) is 6.39. The molecule has 2 heterocycles. The lowest BCUT2D eigenvalue weighted by atomic mass is 10.0. The molecule has 1 aromatic carbocycles. The summed E-state index contributed by atoms with van der Waals surface area (Å²) < 4.78 is 0. The van der Waals surface area contributed by atoms with Crippen molar-refractivity contribution in [1.29, 1.82) is 0 Å². The molecule has 0 aliphatic rings. The van der Waals surface area contributed by atoms with E-state index in [4.69, 9.17) is 0 Å². The minimum absolute atomic E-state index is 0.0820. The van der Waals surface area contributed by atoms with Crippen molar-refractivity contribution in [2.45, 2.75) is 25.9 Å². The van der Waals surface area contributed by atoms with Crippen molar-refractivity contribution in [2.75, 3.05) is 0 Å². The van der Waals surface area contributed by atoms with Crippen LogP contribution >= 0.6 is 0 Å². The van der Waals surface area contributed by atoms with Gasteiger partial charge >= 0.3 is 0 Å². The van der Waals surface area contributed by atoms with Crippen LogP contribution in [0.3, 0.4) is 0 Å². The highest BCUT2D eigenvalue weighted by Gasteiger charge is 2.11. The minimum atomic E-state index is -0.0820. The second kappa shape index (κ2) is 9.97. The summed E-state index contributed by atoms with van der Waals surface area (Å²) in [6.07, 6.45) is 7.25. The molecule has 0 unspecified atom stereocenters. The molecular formula is C22H22N4O2. The van der Waals surface area contributed by atoms with E-state index in [0.717, 1.165) is 22.3 Å². The number of aromatic nitrogens is 2. The Hall–Kier alpha value is -3.54. The van der Waals surface area contributed by atoms with Crippen LogP contribution in [0.2, 0.25) is 0 Å². The highest BCUT2D eigenvalue weighted by atomic mass is 16.2. The first-order chi connectivity index (χ1) is 13.7. The van der Waals surface area contributed by atoms with Crippen molar-refractivity contribution < 1.29 is 9.59 Å². The zero-order valence-electron chi connectivity index (χ0n) is 15.5. The van der Waals surface area contributed by atoms with E-state index in [1.165, 1.54) is 0 Å². The molecule has 0 saturated carbocycles. The fourth-order valence-corrected chi connectivity index (χ4v) is 2.78. The molecule has 0 aliphatic heterocycles. The molecule has 2 aromatic heterocycles. The average molecular weight is 374 g/mol. The maximum atomic E-state index is 12.3. The third kappa shape index (κ3) is 6.02. The van der Waals surface area contributed by atoms with Crippen molar-refractivity contribution in [3.05, 3.63) is 95.6 Å². The van der Waals surface area contributed by atoms with Crippen molar-refractivity contribution in [2.24, 2.45) is 0 Å². The molecule has 2 amide bonds. The molecule has 0 aliphatic carbocycles. The number of nitrogens with zero attached hydrogens (tertiary/aromatic N) is 2. The molecule has 142 valence electrons. The number of benzene rings is 1. The molecule has 0 radical (unpaired) electrons. The summed E-state index contributed by atoms with van der Waals surface area (Å²) in [5, 5.41) is 5.80. The van der Waals surface area contributed by atoms with Crippen LogP contribution in [0.25, 0.3) is 0 Å². The number of carbonyl (C=O) groups is 2. The number of hydrogen-bond acceptors (Lipinski definition) is 4. The normalized spacial score (nSPS) is 10.3. The summed E-state index contributed by atoms with van der Waals surface area (Å²) in [4.78, 5) is 32.5. The number of nitrogens with one attached hydrogen (secondary N) is 2. The number of rotatable bonds is 8. The Bertz CT molecular complexity index is 838. The first-order valence-electron chi connectivity index (χ1n) is 9.08. The third-order valence-electron chi connectivity index (χ3n) is 4.30. The summed E-state index contributed by atoms with van der Waals surface area (Å²) in [5.41, 5.74) is 3.70. The second-order valence-electron chi connectivity index (χ2n) is 6.39. The monoisotopic (exact) mass is 374 g/mol. The highest BCUT2D eigenvalue weighted by molar-refractivity contribution is 5.81. The van der Waals surface area contributed by atoms with Crippen LogP contribution in [-0.4, -0.2) is 21.8 Å². The van der Waals surface area contributed by atoms with Crippen molar-refractivity contribution >= 4 is 11.8 Å². The molecule has 3 aromatic rings. The van der Waals surface area contributed by atoms with E-state index in [1.54, 1.807) is 24.8 Å². The van der Waals surface area contributed by atoms with Crippen molar-refractivity contribution in [1.82, 2.24) is 20.6 Å². The predicted molar refractivity (Wildman–Crippen MR) is 106 cm³/mol. The Balaban J connectivity index is 1.53. The lowest BCUT2D eigenvalue weighted by Gasteiger charge is -2.11. The van der Waals surface area contributed by atoms with Gasteiger partial charge in [0.25, 0.3) is 0 Å². The smallest absolute Gasteiger partial charge is 0.224 e. The van der Waals surface area contributed by atoms with Gasteiger partial charge in [0.05, 0.1) is 12.8 Å². The molecule has 0 atom stereocenters. The Kier molecular flexibility index (Phi) is 6.84. The molecule has 0 saturated heterocycles. The molecule has 0 fully saturated rings. The first kappa shape index (κ1) is 19.2. The quantitative estimate of drug-likeness (QED) is 0.633. The molecule has 6 nitrogen and oxygen atoms in total. The van der Waals surface area contributed by atoms with Crippen LogP contribution in [0.5, 0.6) is 0 Å². The Morgan fingerprint density at radius 3 is 1.43 bits per heavy atom. The van der Waals surface area contributed by atoms with Gasteiger partial charge in [-0.15, -0.1) is 0 Å². The van der Waals surface area contributed by atoms with E-state index in [-0.39, 0.29) is 24.7 Å². The van der Waals surface area contributed by atoms with Gasteiger partial charge in [-0.3, -0.25) is 19.6 Å². The Morgan fingerprint density at radius 2 is 1.04 bits per heavy atom. The van der Waals surface area contributed by atoms with Gasteiger partial charge in [-0.1, -0.05) is 24.3 Å². The van der Waals surface area contributed by atoms with Crippen LogP contribution in [0, 0.1) is 0 Å². The number of carbonyl (C=O) groups excluding carboxylic acids is 2. The number of hydrogen-bond donors (Lipinski definition) is 2. The van der Waals surface area contributed by atoms with E-state index >= 15 is 0 Å². The maximum Gasteiger partial charge on any atom is 0.224 e. The van der Waals surface area contributed by atoms with E-state index in [9.17, 15) is 9.59 Å². The molecule has 0 spiro atoms. The zero-order valence-corrected chi connectivity index (χ0v) is 15.5. The minimum Gasteiger partial charge on any atom is -0.352 e. The molecular weight excluding hydrogens is 352 g/mol. The lowest BCUT2D eigenvalue weighted by Crippen LogP contribution is -2.27. The van der Waals surface area contributed by atoms with Crippen LogP contribution in [0.15, 0.2) is 73.3 Å². The van der Waals surface area contributed by atoms with E-state index < -0.39 is 0 Å². The Morgan fingerprint density at radius 1 is 0.643 bits per heavy atom. The number of pyridine rings is 2. The van der Waals surface area contributed by atoms with Gasteiger partial charge in [0.2, 0.25) is 11.8 Å². The van der Waals surface area contributed by atoms with Gasteiger partial charge in [0, 0.05) is 37.9 Å². The van der Waals surface area contributed by atoms with Gasteiger partial charge in [-0.2, -0.15) is 0 Å². The largest absolute Gasteiger partial charge is 0.352 e. The molecule has 28 heavy (non-hydrogen) atoms. The molecule has 3 rings (SSSR count).